The zero-order valence-electron chi connectivity index (χ0n) is 17.5. The van der Waals surface area contributed by atoms with Crippen LogP contribution in [0.4, 0.5) is 14.5 Å². The van der Waals surface area contributed by atoms with Crippen molar-refractivity contribution >= 4 is 11.6 Å². The van der Waals surface area contributed by atoms with Gasteiger partial charge in [-0.25, -0.2) is 8.78 Å². The van der Waals surface area contributed by atoms with Crippen LogP contribution in [0.25, 0.3) is 0 Å². The summed E-state index contributed by atoms with van der Waals surface area (Å²) in [7, 11) is 3.92. The van der Waals surface area contributed by atoms with Crippen molar-refractivity contribution < 1.29 is 28.2 Å². The third kappa shape index (κ3) is 4.50. The molecule has 0 unspecified atom stereocenters. The van der Waals surface area contributed by atoms with Gasteiger partial charge in [-0.3, -0.25) is 4.79 Å². The molecule has 4 rings (SSSR count). The predicted molar refractivity (Wildman–Crippen MR) is 111 cm³/mol. The summed E-state index contributed by atoms with van der Waals surface area (Å²) in [5, 5.41) is 12.5. The highest BCUT2D eigenvalue weighted by molar-refractivity contribution is 5.76. The van der Waals surface area contributed by atoms with E-state index in [0.29, 0.717) is 6.42 Å². The monoisotopic (exact) mass is 432 g/mol. The van der Waals surface area contributed by atoms with E-state index in [-0.39, 0.29) is 43.1 Å². The van der Waals surface area contributed by atoms with Crippen LogP contribution in [0.2, 0.25) is 0 Å². The van der Waals surface area contributed by atoms with Gasteiger partial charge in [0.25, 0.3) is 0 Å². The molecular formula is C23H26F2N2O4. The summed E-state index contributed by atoms with van der Waals surface area (Å²) in [6.07, 6.45) is -0.662. The molecule has 8 heteroatoms. The minimum absolute atomic E-state index is 0.000682. The van der Waals surface area contributed by atoms with E-state index in [9.17, 15) is 18.7 Å². The molecule has 0 spiro atoms. The van der Waals surface area contributed by atoms with Crippen molar-refractivity contribution in [2.45, 2.75) is 43.6 Å². The Labute approximate surface area is 179 Å². The Hall–Kier alpha value is -2.71. The number of halogens is 2. The highest BCUT2D eigenvalue weighted by Gasteiger charge is 2.46. The highest BCUT2D eigenvalue weighted by atomic mass is 19.1. The summed E-state index contributed by atoms with van der Waals surface area (Å²) in [5.74, 6) is -0.691. The van der Waals surface area contributed by atoms with E-state index in [1.807, 2.05) is 31.1 Å². The zero-order chi connectivity index (χ0) is 22.1. The van der Waals surface area contributed by atoms with Gasteiger partial charge in [-0.15, -0.1) is 0 Å². The number of aliphatic hydroxyl groups excluding tert-OH is 1. The average Bonchev–Trinajstić information content (AvgIpc) is 3.11. The van der Waals surface area contributed by atoms with Crippen molar-refractivity contribution in [2.75, 3.05) is 25.6 Å². The van der Waals surface area contributed by atoms with Gasteiger partial charge in [-0.05, 0) is 42.8 Å². The number of ether oxygens (including phenoxy) is 2. The third-order valence-corrected chi connectivity index (χ3v) is 5.90. The first-order valence-electron chi connectivity index (χ1n) is 10.3. The topological polar surface area (TPSA) is 71.0 Å². The highest BCUT2D eigenvalue weighted by Crippen LogP contribution is 2.47. The number of rotatable bonds is 6. The number of carbonyl (C=O) groups is 1. The first-order chi connectivity index (χ1) is 14.9. The second-order valence-electron chi connectivity index (χ2n) is 8.24. The summed E-state index contributed by atoms with van der Waals surface area (Å²) in [5.41, 5.74) is 2.17. The molecule has 2 aromatic rings. The predicted octanol–water partition coefficient (Wildman–Crippen LogP) is 2.73. The van der Waals surface area contributed by atoms with Crippen molar-refractivity contribution in [3.05, 3.63) is 59.2 Å². The van der Waals surface area contributed by atoms with Crippen LogP contribution >= 0.6 is 0 Å². The SMILES string of the molecule is CN(C)c1ccc2c(c1)[C@@H]1C[C@@H](CC(=O)NCc3cc(F)ccc3F)O[C@@H](CO)[C@@H]1O2. The molecule has 2 heterocycles. The zero-order valence-corrected chi connectivity index (χ0v) is 17.5. The van der Waals surface area contributed by atoms with Crippen LogP contribution in [0.1, 0.15) is 29.9 Å². The number of nitrogens with zero attached hydrogens (tertiary/aromatic N) is 1. The second-order valence-corrected chi connectivity index (χ2v) is 8.24. The molecule has 0 aromatic heterocycles. The number of hydrogen-bond acceptors (Lipinski definition) is 5. The number of hydrogen-bond donors (Lipinski definition) is 2. The van der Waals surface area contributed by atoms with Crippen molar-refractivity contribution in [3.63, 3.8) is 0 Å². The van der Waals surface area contributed by atoms with Crippen molar-refractivity contribution in [1.82, 2.24) is 5.32 Å². The van der Waals surface area contributed by atoms with Crippen LogP contribution in [0.3, 0.4) is 0 Å². The van der Waals surface area contributed by atoms with Gasteiger partial charge in [0, 0.05) is 43.4 Å². The minimum atomic E-state index is -0.574. The van der Waals surface area contributed by atoms with Crippen LogP contribution in [0.15, 0.2) is 36.4 Å². The van der Waals surface area contributed by atoms with Gasteiger partial charge in [0.05, 0.1) is 19.1 Å². The Morgan fingerprint density at radius 3 is 2.77 bits per heavy atom. The molecule has 6 nitrogen and oxygen atoms in total. The average molecular weight is 432 g/mol. The Morgan fingerprint density at radius 1 is 1.23 bits per heavy atom. The molecule has 0 bridgehead atoms. The summed E-state index contributed by atoms with van der Waals surface area (Å²) in [4.78, 5) is 14.5. The van der Waals surface area contributed by atoms with Crippen LogP contribution in [-0.4, -0.2) is 50.0 Å². The lowest BCUT2D eigenvalue weighted by molar-refractivity contribution is -0.142. The van der Waals surface area contributed by atoms with Crippen molar-refractivity contribution in [1.29, 1.82) is 0 Å². The largest absolute Gasteiger partial charge is 0.487 e. The van der Waals surface area contributed by atoms with Crippen LogP contribution < -0.4 is 15.0 Å². The molecule has 31 heavy (non-hydrogen) atoms. The van der Waals surface area contributed by atoms with Crippen LogP contribution in [-0.2, 0) is 16.1 Å². The van der Waals surface area contributed by atoms with E-state index >= 15 is 0 Å². The van der Waals surface area contributed by atoms with Crippen LogP contribution in [0.5, 0.6) is 5.75 Å². The molecule has 1 amide bonds. The van der Waals surface area contributed by atoms with E-state index in [1.54, 1.807) is 0 Å². The van der Waals surface area contributed by atoms with Gasteiger partial charge >= 0.3 is 0 Å². The van der Waals surface area contributed by atoms with Crippen molar-refractivity contribution in [3.8, 4) is 5.75 Å². The Balaban J connectivity index is 1.43. The maximum Gasteiger partial charge on any atom is 0.222 e. The maximum atomic E-state index is 13.8. The first kappa shape index (κ1) is 21.5. The second kappa shape index (κ2) is 8.80. The molecule has 2 N–H and O–H groups in total. The molecule has 0 radical (unpaired) electrons. The number of anilines is 1. The first-order valence-corrected chi connectivity index (χ1v) is 10.3. The summed E-state index contributed by atoms with van der Waals surface area (Å²) in [6, 6.07) is 9.10. The number of fused-ring (bicyclic) bond motifs is 3. The molecule has 1 saturated heterocycles. The third-order valence-electron chi connectivity index (χ3n) is 5.90. The molecule has 166 valence electrons. The van der Waals surface area contributed by atoms with Gasteiger partial charge in [0.15, 0.2) is 0 Å². The van der Waals surface area contributed by atoms with Gasteiger partial charge in [-0.2, -0.15) is 0 Å². The molecule has 1 fully saturated rings. The number of carbonyl (C=O) groups excluding carboxylic acids is 1. The molecule has 2 aromatic carbocycles. The summed E-state index contributed by atoms with van der Waals surface area (Å²) < 4.78 is 39.1. The van der Waals surface area contributed by atoms with Gasteiger partial charge in [0.2, 0.25) is 5.91 Å². The van der Waals surface area contributed by atoms with Crippen LogP contribution in [0, 0.1) is 11.6 Å². The van der Waals surface area contributed by atoms with Gasteiger partial charge in [-0.1, -0.05) is 0 Å². The summed E-state index contributed by atoms with van der Waals surface area (Å²) >= 11 is 0. The number of benzene rings is 2. The fourth-order valence-electron chi connectivity index (χ4n) is 4.31. The van der Waals surface area contributed by atoms with E-state index in [4.69, 9.17) is 9.47 Å². The number of amides is 1. The van der Waals surface area contributed by atoms with E-state index in [1.165, 1.54) is 0 Å². The molecule has 0 saturated carbocycles. The Kier molecular flexibility index (Phi) is 6.11. The van der Waals surface area contributed by atoms with E-state index < -0.39 is 23.8 Å². The maximum absolute atomic E-state index is 13.8. The standard InChI is InChI=1S/C23H26F2N2O4/c1-27(2)15-4-6-20-17(8-15)18-9-16(30-21(12-28)23(18)31-20)10-22(29)26-11-13-7-14(24)3-5-19(13)25/h3-8,16,18,21,23,28H,9-12H2,1-2H3,(H,26,29)/t16-,18-,21-,23+/m0/s1. The molecule has 0 aliphatic carbocycles. The number of nitrogens with one attached hydrogen (secondary N) is 1. The molecular weight excluding hydrogens is 406 g/mol. The van der Waals surface area contributed by atoms with E-state index in [0.717, 1.165) is 35.2 Å². The van der Waals surface area contributed by atoms with Gasteiger partial charge in [0.1, 0.15) is 29.6 Å². The van der Waals surface area contributed by atoms with Crippen molar-refractivity contribution in [2.24, 2.45) is 0 Å². The molecule has 2 aliphatic heterocycles. The lowest BCUT2D eigenvalue weighted by Crippen LogP contribution is -2.47. The normalized spacial score (nSPS) is 24.2. The number of aliphatic hydroxyl groups is 1. The Morgan fingerprint density at radius 2 is 2.03 bits per heavy atom. The lowest BCUT2D eigenvalue weighted by atomic mass is 9.84. The lowest BCUT2D eigenvalue weighted by Gasteiger charge is -2.37. The molecule has 4 atom stereocenters. The quantitative estimate of drug-likeness (QED) is 0.735. The Bertz CT molecular complexity index is 969. The van der Waals surface area contributed by atoms with E-state index in [2.05, 4.69) is 11.4 Å². The fraction of sp³-hybridized carbons (Fsp3) is 0.435. The molecule has 2 aliphatic rings. The fourth-order valence-corrected chi connectivity index (χ4v) is 4.31. The summed E-state index contributed by atoms with van der Waals surface area (Å²) in [6.45, 7) is -0.328. The smallest absolute Gasteiger partial charge is 0.222 e. The van der Waals surface area contributed by atoms with Gasteiger partial charge < -0.3 is 24.8 Å². The minimum Gasteiger partial charge on any atom is -0.487 e.